The molecule has 2 aromatic rings. The summed E-state index contributed by atoms with van der Waals surface area (Å²) in [6.07, 6.45) is 2.98. The van der Waals surface area contributed by atoms with Crippen molar-refractivity contribution in [2.45, 2.75) is 39.7 Å². The molecule has 0 saturated heterocycles. The van der Waals surface area contributed by atoms with Crippen LogP contribution < -0.4 is 5.56 Å². The summed E-state index contributed by atoms with van der Waals surface area (Å²) in [7, 11) is 0. The van der Waals surface area contributed by atoms with Crippen molar-refractivity contribution in [3.63, 3.8) is 0 Å². The molecule has 0 spiro atoms. The highest BCUT2D eigenvalue weighted by Crippen LogP contribution is 2.12. The Labute approximate surface area is 128 Å². The fraction of sp³-hybridized carbons (Fsp3) is 0.643. The first-order chi connectivity index (χ1) is 10.2. The second-order valence-corrected chi connectivity index (χ2v) is 6.02. The van der Waals surface area contributed by atoms with Crippen molar-refractivity contribution in [2.24, 2.45) is 0 Å². The second kappa shape index (κ2) is 7.63. The van der Waals surface area contributed by atoms with Crippen molar-refractivity contribution >= 4 is 16.3 Å². The van der Waals surface area contributed by atoms with Gasteiger partial charge in [0, 0.05) is 19.2 Å². The third kappa shape index (κ3) is 4.09. The normalized spacial score (nSPS) is 11.6. The van der Waals surface area contributed by atoms with Gasteiger partial charge in [-0.25, -0.2) is 4.98 Å². The molecule has 0 fully saturated rings. The molecular weight excluding hydrogens is 288 g/mol. The lowest BCUT2D eigenvalue weighted by atomic mass is 10.3. The highest BCUT2D eigenvalue weighted by Gasteiger charge is 2.11. The molecule has 6 nitrogen and oxygen atoms in total. The number of aryl methyl sites for hydroxylation is 1. The first-order valence-electron chi connectivity index (χ1n) is 7.39. The van der Waals surface area contributed by atoms with Gasteiger partial charge < -0.3 is 5.11 Å². The van der Waals surface area contributed by atoms with Crippen molar-refractivity contribution in [3.05, 3.63) is 27.1 Å². The van der Waals surface area contributed by atoms with Crippen LogP contribution in [-0.2, 0) is 13.0 Å². The van der Waals surface area contributed by atoms with E-state index in [9.17, 15) is 4.79 Å². The van der Waals surface area contributed by atoms with Crippen LogP contribution in [0.1, 0.15) is 37.4 Å². The predicted molar refractivity (Wildman–Crippen MR) is 83.8 cm³/mol. The van der Waals surface area contributed by atoms with E-state index >= 15 is 0 Å². The quantitative estimate of drug-likeness (QED) is 0.796. The highest BCUT2D eigenvalue weighted by molar-refractivity contribution is 7.16. The number of hydrogen-bond acceptors (Lipinski definition) is 6. The van der Waals surface area contributed by atoms with Crippen molar-refractivity contribution in [3.8, 4) is 0 Å². The standard InChI is InChI=1S/C14H22N4O2S/c1-3-5-6-17(7-8-19)10-11-9-13(20)18-14(15-11)21-12(4-2)16-18/h9,19H,3-8,10H2,1-2H3. The van der Waals surface area contributed by atoms with Crippen molar-refractivity contribution in [2.75, 3.05) is 19.7 Å². The Bertz CT molecular complexity index is 637. The van der Waals surface area contributed by atoms with Gasteiger partial charge in [-0.15, -0.1) is 0 Å². The molecule has 116 valence electrons. The summed E-state index contributed by atoms with van der Waals surface area (Å²) in [5, 5.41) is 14.3. The predicted octanol–water partition coefficient (Wildman–Crippen LogP) is 1.31. The Morgan fingerprint density at radius 3 is 2.86 bits per heavy atom. The topological polar surface area (TPSA) is 70.7 Å². The molecule has 0 atom stereocenters. The van der Waals surface area contributed by atoms with Crippen LogP contribution in [0.3, 0.4) is 0 Å². The molecular formula is C14H22N4O2S. The maximum absolute atomic E-state index is 12.1. The van der Waals surface area contributed by atoms with E-state index in [1.54, 1.807) is 6.07 Å². The Morgan fingerprint density at radius 1 is 1.38 bits per heavy atom. The van der Waals surface area contributed by atoms with Crippen LogP contribution in [0, 0.1) is 0 Å². The lowest BCUT2D eigenvalue weighted by Crippen LogP contribution is -2.29. The van der Waals surface area contributed by atoms with Crippen molar-refractivity contribution < 1.29 is 5.11 Å². The number of aliphatic hydroxyl groups excluding tert-OH is 1. The molecule has 0 aliphatic carbocycles. The summed E-state index contributed by atoms with van der Waals surface area (Å²) < 4.78 is 1.37. The Hall–Kier alpha value is -1.31. The lowest BCUT2D eigenvalue weighted by molar-refractivity contribution is 0.187. The zero-order chi connectivity index (χ0) is 15.2. The molecule has 1 N–H and O–H groups in total. The molecule has 2 rings (SSSR count). The first kappa shape index (κ1) is 16.1. The van der Waals surface area contributed by atoms with Gasteiger partial charge in [0.1, 0.15) is 5.01 Å². The summed E-state index contributed by atoms with van der Waals surface area (Å²) in [5.41, 5.74) is 0.612. The van der Waals surface area contributed by atoms with E-state index in [1.165, 1.54) is 15.9 Å². The van der Waals surface area contributed by atoms with Gasteiger partial charge in [-0.3, -0.25) is 9.69 Å². The smallest absolute Gasteiger partial charge is 0.275 e. The third-order valence-corrected chi connectivity index (χ3v) is 4.32. The zero-order valence-corrected chi connectivity index (χ0v) is 13.4. The van der Waals surface area contributed by atoms with Gasteiger partial charge in [-0.1, -0.05) is 31.6 Å². The summed E-state index contributed by atoms with van der Waals surface area (Å²) in [6, 6.07) is 1.54. The Balaban J connectivity index is 2.22. The van der Waals surface area contributed by atoms with E-state index in [-0.39, 0.29) is 12.2 Å². The number of aromatic nitrogens is 3. The monoisotopic (exact) mass is 310 g/mol. The maximum Gasteiger partial charge on any atom is 0.275 e. The molecule has 0 bridgehead atoms. The molecule has 7 heteroatoms. The number of nitrogens with zero attached hydrogens (tertiary/aromatic N) is 4. The maximum atomic E-state index is 12.1. The molecule has 0 saturated carbocycles. The molecule has 0 unspecified atom stereocenters. The van der Waals surface area contributed by atoms with Crippen molar-refractivity contribution in [1.29, 1.82) is 0 Å². The van der Waals surface area contributed by atoms with E-state index in [4.69, 9.17) is 5.11 Å². The fourth-order valence-electron chi connectivity index (χ4n) is 2.14. The molecule has 0 aromatic carbocycles. The zero-order valence-electron chi connectivity index (χ0n) is 12.6. The number of rotatable bonds is 8. The molecule has 0 aliphatic heterocycles. The summed E-state index contributed by atoms with van der Waals surface area (Å²) >= 11 is 1.46. The fourth-order valence-corrected chi connectivity index (χ4v) is 3.00. The van der Waals surface area contributed by atoms with Crippen LogP contribution in [0.4, 0.5) is 0 Å². The number of aliphatic hydroxyl groups is 1. The van der Waals surface area contributed by atoms with Crippen LogP contribution in [0.2, 0.25) is 0 Å². The third-order valence-electron chi connectivity index (χ3n) is 3.27. The van der Waals surface area contributed by atoms with Crippen LogP contribution >= 0.6 is 11.3 Å². The van der Waals surface area contributed by atoms with Crippen LogP contribution in [0.5, 0.6) is 0 Å². The average Bonchev–Trinajstić information content (AvgIpc) is 2.89. The summed E-state index contributed by atoms with van der Waals surface area (Å²) in [4.78, 5) is 19.4. The second-order valence-electron chi connectivity index (χ2n) is 4.98. The van der Waals surface area contributed by atoms with Gasteiger partial charge >= 0.3 is 0 Å². The highest BCUT2D eigenvalue weighted by atomic mass is 32.1. The van der Waals surface area contributed by atoms with E-state index in [0.29, 0.717) is 18.1 Å². The Morgan fingerprint density at radius 2 is 2.19 bits per heavy atom. The van der Waals surface area contributed by atoms with Crippen molar-refractivity contribution in [1.82, 2.24) is 19.5 Å². The minimum Gasteiger partial charge on any atom is -0.395 e. The number of fused-ring (bicyclic) bond motifs is 1. The van der Waals surface area contributed by atoms with Crippen LogP contribution in [0.25, 0.3) is 4.96 Å². The van der Waals surface area contributed by atoms with Gasteiger partial charge in [0.05, 0.1) is 12.3 Å². The molecule has 2 aromatic heterocycles. The molecule has 0 aliphatic rings. The number of hydrogen-bond donors (Lipinski definition) is 1. The van der Waals surface area contributed by atoms with Gasteiger partial charge in [0.25, 0.3) is 5.56 Å². The lowest BCUT2D eigenvalue weighted by Gasteiger charge is -2.20. The molecule has 2 heterocycles. The Kier molecular flexibility index (Phi) is 5.84. The van der Waals surface area contributed by atoms with E-state index < -0.39 is 0 Å². The average molecular weight is 310 g/mol. The van der Waals surface area contributed by atoms with E-state index in [2.05, 4.69) is 21.9 Å². The minimum absolute atomic E-state index is 0.117. The van der Waals surface area contributed by atoms with E-state index in [1.807, 2.05) is 6.92 Å². The summed E-state index contributed by atoms with van der Waals surface area (Å²) in [5.74, 6) is 0. The largest absolute Gasteiger partial charge is 0.395 e. The first-order valence-corrected chi connectivity index (χ1v) is 8.21. The van der Waals surface area contributed by atoms with Crippen LogP contribution in [0.15, 0.2) is 10.9 Å². The molecule has 21 heavy (non-hydrogen) atoms. The van der Waals surface area contributed by atoms with Gasteiger partial charge in [0.15, 0.2) is 0 Å². The minimum atomic E-state index is -0.134. The van der Waals surface area contributed by atoms with Gasteiger partial charge in [-0.2, -0.15) is 9.61 Å². The molecule has 0 radical (unpaired) electrons. The number of unbranched alkanes of at least 4 members (excludes halogenated alkanes) is 1. The van der Waals surface area contributed by atoms with E-state index in [0.717, 1.165) is 36.5 Å². The van der Waals surface area contributed by atoms with Gasteiger partial charge in [0.2, 0.25) is 4.96 Å². The summed E-state index contributed by atoms with van der Waals surface area (Å²) in [6.45, 7) is 6.36. The van der Waals surface area contributed by atoms with Gasteiger partial charge in [-0.05, 0) is 19.4 Å². The SMILES string of the molecule is CCCCN(CCO)Cc1cc(=O)n2nc(CC)sc2n1. The molecule has 0 amide bonds. The van der Waals surface area contributed by atoms with Crippen LogP contribution in [-0.4, -0.2) is 44.3 Å².